The zero-order valence-electron chi connectivity index (χ0n) is 21.1. The Labute approximate surface area is 218 Å². The van der Waals surface area contributed by atoms with Gasteiger partial charge in [0.15, 0.2) is 12.0 Å². The molecule has 0 atom stereocenters. The lowest BCUT2D eigenvalue weighted by Gasteiger charge is -2.15. The number of nitrogens with one attached hydrogen (secondary N) is 1. The van der Waals surface area contributed by atoms with E-state index in [-0.39, 0.29) is 31.0 Å². The molecule has 1 fully saturated rings. The summed E-state index contributed by atoms with van der Waals surface area (Å²) in [6.07, 6.45) is 3.57. The van der Waals surface area contributed by atoms with Gasteiger partial charge in [-0.1, -0.05) is 18.2 Å². The van der Waals surface area contributed by atoms with Gasteiger partial charge in [0.25, 0.3) is 0 Å². The molecular weight excluding hydrogens is 491 g/mol. The largest absolute Gasteiger partial charge is 0.493 e. The second kappa shape index (κ2) is 10.0. The van der Waals surface area contributed by atoms with E-state index < -0.39 is 5.97 Å². The van der Waals surface area contributed by atoms with Gasteiger partial charge in [0.2, 0.25) is 5.95 Å². The van der Waals surface area contributed by atoms with Gasteiger partial charge in [-0.15, -0.1) is 0 Å². The predicted molar refractivity (Wildman–Crippen MR) is 137 cm³/mol. The standard InChI is InChI=1S/C28H27FN4O5/c1-3-35-26(34)23-15-33-25(32-23)21(18-5-4-17(12-16(18)2)27-37-10-11-38-27)14-31-28(33)30-13-20-19-8-9-36-24(19)7-6-22(20)29/h4-7,12,14-15,27H,3,8-11,13H2,1-2H3,(H,30,31). The minimum atomic E-state index is -0.528. The van der Waals surface area contributed by atoms with Crippen LogP contribution in [0.25, 0.3) is 16.8 Å². The van der Waals surface area contributed by atoms with E-state index in [4.69, 9.17) is 18.9 Å². The van der Waals surface area contributed by atoms with Crippen molar-refractivity contribution in [3.8, 4) is 16.9 Å². The first-order valence-electron chi connectivity index (χ1n) is 12.6. The maximum atomic E-state index is 14.7. The van der Waals surface area contributed by atoms with Gasteiger partial charge in [0.05, 0.1) is 26.4 Å². The Kier molecular flexibility index (Phi) is 6.42. The molecule has 2 aliphatic rings. The minimum absolute atomic E-state index is 0.159. The summed E-state index contributed by atoms with van der Waals surface area (Å²) >= 11 is 0. The zero-order chi connectivity index (χ0) is 26.2. The number of carbonyl (C=O) groups is 1. The van der Waals surface area contributed by atoms with Crippen molar-refractivity contribution in [1.82, 2.24) is 14.4 Å². The molecule has 6 rings (SSSR count). The molecule has 0 unspecified atom stereocenters. The molecule has 38 heavy (non-hydrogen) atoms. The molecule has 0 amide bonds. The van der Waals surface area contributed by atoms with Gasteiger partial charge in [0, 0.05) is 47.6 Å². The first-order valence-corrected chi connectivity index (χ1v) is 12.6. The van der Waals surface area contributed by atoms with E-state index in [0.29, 0.717) is 49.1 Å². The van der Waals surface area contributed by atoms with Crippen LogP contribution >= 0.6 is 0 Å². The van der Waals surface area contributed by atoms with Crippen molar-refractivity contribution >= 4 is 17.6 Å². The highest BCUT2D eigenvalue weighted by Gasteiger charge is 2.23. The lowest BCUT2D eigenvalue weighted by Crippen LogP contribution is -2.10. The monoisotopic (exact) mass is 518 g/mol. The number of benzene rings is 2. The third-order valence-electron chi connectivity index (χ3n) is 6.77. The van der Waals surface area contributed by atoms with Crippen molar-refractivity contribution in [3.05, 3.63) is 76.5 Å². The minimum Gasteiger partial charge on any atom is -0.493 e. The van der Waals surface area contributed by atoms with Gasteiger partial charge < -0.3 is 24.3 Å². The fourth-order valence-corrected chi connectivity index (χ4v) is 4.96. The van der Waals surface area contributed by atoms with Gasteiger partial charge in [0.1, 0.15) is 17.2 Å². The molecule has 10 heteroatoms. The van der Waals surface area contributed by atoms with Crippen LogP contribution in [0.4, 0.5) is 10.3 Å². The lowest BCUT2D eigenvalue weighted by atomic mass is 10.00. The number of anilines is 1. The number of aryl methyl sites for hydroxylation is 1. The molecule has 4 heterocycles. The maximum absolute atomic E-state index is 14.7. The first-order chi connectivity index (χ1) is 18.5. The molecule has 4 aromatic rings. The Morgan fingerprint density at radius 1 is 1.18 bits per heavy atom. The van der Waals surface area contributed by atoms with Crippen LogP contribution in [0.1, 0.15) is 46.0 Å². The summed E-state index contributed by atoms with van der Waals surface area (Å²) in [5.74, 6) is 0.291. The van der Waals surface area contributed by atoms with Crippen LogP contribution in [0.3, 0.4) is 0 Å². The Morgan fingerprint density at radius 2 is 2.03 bits per heavy atom. The average Bonchev–Trinajstić information content (AvgIpc) is 3.69. The van der Waals surface area contributed by atoms with Crippen LogP contribution in [0, 0.1) is 12.7 Å². The topological polar surface area (TPSA) is 96.2 Å². The van der Waals surface area contributed by atoms with Crippen LogP contribution < -0.4 is 10.1 Å². The zero-order valence-corrected chi connectivity index (χ0v) is 21.1. The highest BCUT2D eigenvalue weighted by Crippen LogP contribution is 2.33. The number of esters is 1. The molecular formula is C28H27FN4O5. The fraction of sp³-hybridized carbons (Fsp3) is 0.321. The lowest BCUT2D eigenvalue weighted by molar-refractivity contribution is -0.0441. The first kappa shape index (κ1) is 24.3. The molecule has 2 aromatic heterocycles. The summed E-state index contributed by atoms with van der Waals surface area (Å²) < 4.78 is 38.5. The summed E-state index contributed by atoms with van der Waals surface area (Å²) in [5, 5.41) is 3.23. The molecule has 2 aromatic carbocycles. The van der Waals surface area contributed by atoms with Gasteiger partial charge >= 0.3 is 5.97 Å². The van der Waals surface area contributed by atoms with E-state index in [0.717, 1.165) is 27.8 Å². The van der Waals surface area contributed by atoms with Crippen LogP contribution in [-0.2, 0) is 27.2 Å². The summed E-state index contributed by atoms with van der Waals surface area (Å²) in [6.45, 7) is 5.83. The number of halogens is 1. The third kappa shape index (κ3) is 4.35. The molecule has 9 nitrogen and oxygen atoms in total. The predicted octanol–water partition coefficient (Wildman–Crippen LogP) is 4.61. The van der Waals surface area contributed by atoms with E-state index in [9.17, 15) is 9.18 Å². The van der Waals surface area contributed by atoms with Crippen LogP contribution in [0.5, 0.6) is 5.75 Å². The number of nitrogens with zero attached hydrogens (tertiary/aromatic N) is 3. The Hall–Kier alpha value is -4.02. The molecule has 1 N–H and O–H groups in total. The average molecular weight is 519 g/mol. The number of aromatic nitrogens is 3. The Bertz CT molecular complexity index is 1530. The van der Waals surface area contributed by atoms with Crippen molar-refractivity contribution in [2.75, 3.05) is 31.7 Å². The van der Waals surface area contributed by atoms with Crippen molar-refractivity contribution in [3.63, 3.8) is 0 Å². The van der Waals surface area contributed by atoms with Crippen molar-refractivity contribution in [2.45, 2.75) is 33.1 Å². The third-order valence-corrected chi connectivity index (χ3v) is 6.77. The molecule has 0 radical (unpaired) electrons. The molecule has 1 saturated heterocycles. The summed E-state index contributed by atoms with van der Waals surface area (Å²) in [4.78, 5) is 21.8. The molecule has 0 bridgehead atoms. The van der Waals surface area contributed by atoms with E-state index in [2.05, 4.69) is 15.3 Å². The molecule has 0 aliphatic carbocycles. The SMILES string of the molecule is CCOC(=O)c1cn2c(NCc3c(F)ccc4c3CCO4)ncc(-c3ccc(C4OCCO4)cc3C)c2n1. The normalized spacial score (nSPS) is 15.0. The maximum Gasteiger partial charge on any atom is 0.358 e. The van der Waals surface area contributed by atoms with Gasteiger partial charge in [-0.05, 0) is 37.1 Å². The van der Waals surface area contributed by atoms with Crippen LogP contribution in [0.15, 0.2) is 42.7 Å². The van der Waals surface area contributed by atoms with Gasteiger partial charge in [-0.3, -0.25) is 4.40 Å². The van der Waals surface area contributed by atoms with E-state index in [1.54, 1.807) is 29.8 Å². The second-order valence-electron chi connectivity index (χ2n) is 9.14. The van der Waals surface area contributed by atoms with Crippen molar-refractivity contribution in [1.29, 1.82) is 0 Å². The number of imidazole rings is 1. The number of carbonyl (C=O) groups excluding carboxylic acids is 1. The van der Waals surface area contributed by atoms with Crippen LogP contribution in [0.2, 0.25) is 0 Å². The molecule has 0 saturated carbocycles. The number of fused-ring (bicyclic) bond motifs is 2. The van der Waals surface area contributed by atoms with Crippen LogP contribution in [-0.4, -0.2) is 46.8 Å². The van der Waals surface area contributed by atoms with E-state index in [1.807, 2.05) is 25.1 Å². The number of hydrogen-bond donors (Lipinski definition) is 1. The fourth-order valence-electron chi connectivity index (χ4n) is 4.96. The Morgan fingerprint density at radius 3 is 2.82 bits per heavy atom. The van der Waals surface area contributed by atoms with Crippen molar-refractivity contribution in [2.24, 2.45) is 0 Å². The highest BCUT2D eigenvalue weighted by molar-refractivity contribution is 5.90. The van der Waals surface area contributed by atoms with Gasteiger partial charge in [-0.2, -0.15) is 0 Å². The summed E-state index contributed by atoms with van der Waals surface area (Å²) in [5.41, 5.74) is 5.63. The van der Waals surface area contributed by atoms with Crippen molar-refractivity contribution < 1.29 is 28.1 Å². The van der Waals surface area contributed by atoms with Gasteiger partial charge in [-0.25, -0.2) is 19.2 Å². The quantitative estimate of drug-likeness (QED) is 0.355. The summed E-state index contributed by atoms with van der Waals surface area (Å²) in [6, 6.07) is 9.02. The molecule has 196 valence electrons. The second-order valence-corrected chi connectivity index (χ2v) is 9.14. The highest BCUT2D eigenvalue weighted by atomic mass is 19.1. The Balaban J connectivity index is 1.39. The van der Waals surface area contributed by atoms with E-state index in [1.165, 1.54) is 6.07 Å². The summed E-state index contributed by atoms with van der Waals surface area (Å²) in [7, 11) is 0. The molecule has 0 spiro atoms. The smallest absolute Gasteiger partial charge is 0.358 e. The number of ether oxygens (including phenoxy) is 4. The number of hydrogen-bond acceptors (Lipinski definition) is 8. The van der Waals surface area contributed by atoms with E-state index >= 15 is 0 Å². The number of rotatable bonds is 7. The molecule has 2 aliphatic heterocycles.